The highest BCUT2D eigenvalue weighted by Crippen LogP contribution is 2.03. The summed E-state index contributed by atoms with van der Waals surface area (Å²) in [4.78, 5) is 34.7. The summed E-state index contributed by atoms with van der Waals surface area (Å²) in [6, 6.07) is 17.7. The van der Waals surface area contributed by atoms with Gasteiger partial charge in [-0.2, -0.15) is 0 Å². The van der Waals surface area contributed by atoms with Gasteiger partial charge in [-0.3, -0.25) is 4.79 Å². The summed E-state index contributed by atoms with van der Waals surface area (Å²) < 4.78 is 10.2. The zero-order valence-corrected chi connectivity index (χ0v) is 15.9. The largest absolute Gasteiger partial charge is 0.481 e. The number of ether oxygens (including phenoxy) is 2. The second kappa shape index (κ2) is 12.0. The van der Waals surface area contributed by atoms with Crippen LogP contribution in [0.4, 0.5) is 9.59 Å². The van der Waals surface area contributed by atoms with E-state index < -0.39 is 24.2 Å². The average molecular weight is 400 g/mol. The van der Waals surface area contributed by atoms with Crippen LogP contribution in [0.5, 0.6) is 0 Å². The quantitative estimate of drug-likeness (QED) is 0.565. The van der Waals surface area contributed by atoms with Crippen LogP contribution in [0.1, 0.15) is 24.0 Å². The van der Waals surface area contributed by atoms with Gasteiger partial charge in [0.25, 0.3) is 0 Å². The van der Waals surface area contributed by atoms with Crippen molar-refractivity contribution >= 4 is 18.2 Å². The topological polar surface area (TPSA) is 114 Å². The fraction of sp³-hybridized carbons (Fsp3) is 0.286. The van der Waals surface area contributed by atoms with Gasteiger partial charge in [0.2, 0.25) is 0 Å². The second-order valence-corrected chi connectivity index (χ2v) is 6.28. The Hall–Kier alpha value is -3.55. The first-order valence-electron chi connectivity index (χ1n) is 9.16. The Balaban J connectivity index is 1.77. The smallest absolute Gasteiger partial charge is 0.407 e. The van der Waals surface area contributed by atoms with E-state index in [2.05, 4.69) is 10.6 Å². The van der Waals surface area contributed by atoms with Gasteiger partial charge in [-0.25, -0.2) is 9.59 Å². The number of benzene rings is 2. The Bertz CT molecular complexity index is 782. The lowest BCUT2D eigenvalue weighted by Gasteiger charge is -2.18. The molecule has 2 aromatic rings. The molecule has 0 aliphatic rings. The van der Waals surface area contributed by atoms with Crippen LogP contribution in [0.2, 0.25) is 0 Å². The molecule has 1 atom stereocenters. The molecule has 8 heteroatoms. The lowest BCUT2D eigenvalue weighted by atomic mass is 10.1. The minimum atomic E-state index is -0.999. The SMILES string of the molecule is O=C(O)CC[C@@H](CNC(=O)OCc1ccccc1)NC(=O)OCc1ccccc1. The van der Waals surface area contributed by atoms with Crippen molar-refractivity contribution in [1.29, 1.82) is 0 Å². The highest BCUT2D eigenvalue weighted by molar-refractivity contribution is 5.70. The van der Waals surface area contributed by atoms with Gasteiger partial charge >= 0.3 is 18.2 Å². The van der Waals surface area contributed by atoms with Crippen molar-refractivity contribution < 1.29 is 29.0 Å². The van der Waals surface area contributed by atoms with Crippen molar-refractivity contribution in [3.05, 3.63) is 71.8 Å². The number of aliphatic carboxylic acids is 1. The molecule has 29 heavy (non-hydrogen) atoms. The van der Waals surface area contributed by atoms with E-state index in [0.717, 1.165) is 11.1 Å². The predicted molar refractivity (Wildman–Crippen MR) is 105 cm³/mol. The first kappa shape index (κ1) is 21.7. The van der Waals surface area contributed by atoms with Crippen LogP contribution in [0.15, 0.2) is 60.7 Å². The van der Waals surface area contributed by atoms with Crippen molar-refractivity contribution in [2.24, 2.45) is 0 Å². The Morgan fingerprint density at radius 2 is 1.34 bits per heavy atom. The van der Waals surface area contributed by atoms with Gasteiger partial charge < -0.3 is 25.2 Å². The van der Waals surface area contributed by atoms with Gasteiger partial charge in [0.1, 0.15) is 13.2 Å². The second-order valence-electron chi connectivity index (χ2n) is 6.28. The zero-order chi connectivity index (χ0) is 20.9. The summed E-state index contributed by atoms with van der Waals surface area (Å²) in [5.41, 5.74) is 1.67. The van der Waals surface area contributed by atoms with E-state index in [4.69, 9.17) is 14.6 Å². The number of alkyl carbamates (subject to hydrolysis) is 2. The standard InChI is InChI=1S/C21H24N2O6/c24-19(25)12-11-18(23-21(27)29-15-17-9-5-2-6-10-17)13-22-20(26)28-14-16-7-3-1-4-8-16/h1-10,18H,11-15H2,(H,22,26)(H,23,27)(H,24,25)/t18-/m0/s1. The maximum Gasteiger partial charge on any atom is 0.407 e. The molecule has 3 N–H and O–H groups in total. The van der Waals surface area contributed by atoms with Crippen LogP contribution >= 0.6 is 0 Å². The lowest BCUT2D eigenvalue weighted by molar-refractivity contribution is -0.137. The predicted octanol–water partition coefficient (Wildman–Crippen LogP) is 3.07. The Labute approximate surface area is 168 Å². The Morgan fingerprint density at radius 1 is 0.828 bits per heavy atom. The van der Waals surface area contributed by atoms with Crippen molar-refractivity contribution in [2.75, 3.05) is 6.54 Å². The molecular formula is C21H24N2O6. The maximum absolute atomic E-state index is 12.0. The molecule has 0 saturated carbocycles. The fourth-order valence-electron chi connectivity index (χ4n) is 2.44. The third-order valence-electron chi connectivity index (χ3n) is 3.95. The first-order chi connectivity index (χ1) is 14.0. The minimum absolute atomic E-state index is 0.0152. The van der Waals surface area contributed by atoms with Crippen LogP contribution in [0, 0.1) is 0 Å². The van der Waals surface area contributed by atoms with Gasteiger partial charge in [-0.15, -0.1) is 0 Å². The average Bonchev–Trinajstić information content (AvgIpc) is 2.74. The van der Waals surface area contributed by atoms with E-state index in [0.29, 0.717) is 0 Å². The molecule has 8 nitrogen and oxygen atoms in total. The first-order valence-corrected chi connectivity index (χ1v) is 9.16. The van der Waals surface area contributed by atoms with Crippen LogP contribution in [-0.4, -0.2) is 35.8 Å². The summed E-state index contributed by atoms with van der Waals surface area (Å²) in [6.07, 6.45) is -1.38. The van der Waals surface area contributed by atoms with E-state index in [1.165, 1.54) is 0 Å². The maximum atomic E-state index is 12.0. The molecule has 0 spiro atoms. The number of carboxylic acid groups (broad SMARTS) is 1. The number of carboxylic acids is 1. The van der Waals surface area contributed by atoms with Gasteiger partial charge in [0, 0.05) is 13.0 Å². The molecule has 0 unspecified atom stereocenters. The highest BCUT2D eigenvalue weighted by atomic mass is 16.6. The monoisotopic (exact) mass is 400 g/mol. The van der Waals surface area contributed by atoms with Gasteiger partial charge in [-0.05, 0) is 17.5 Å². The number of nitrogens with one attached hydrogen (secondary N) is 2. The van der Waals surface area contributed by atoms with E-state index in [1.54, 1.807) is 0 Å². The van der Waals surface area contributed by atoms with Gasteiger partial charge in [-0.1, -0.05) is 60.7 Å². The normalized spacial score (nSPS) is 11.2. The molecule has 0 aliphatic carbocycles. The van der Waals surface area contributed by atoms with E-state index >= 15 is 0 Å². The molecule has 0 fully saturated rings. The molecule has 2 aromatic carbocycles. The van der Waals surface area contributed by atoms with E-state index in [9.17, 15) is 14.4 Å². The molecule has 0 heterocycles. The number of amides is 2. The molecular weight excluding hydrogens is 376 g/mol. The molecule has 0 bridgehead atoms. The summed E-state index contributed by atoms with van der Waals surface area (Å²) in [6.45, 7) is 0.214. The zero-order valence-electron chi connectivity index (χ0n) is 15.9. The van der Waals surface area contributed by atoms with Crippen molar-refractivity contribution in [1.82, 2.24) is 10.6 Å². The molecule has 0 saturated heterocycles. The number of carbonyl (C=O) groups is 3. The Morgan fingerprint density at radius 3 is 1.86 bits per heavy atom. The van der Waals surface area contributed by atoms with Crippen LogP contribution in [0.25, 0.3) is 0 Å². The van der Waals surface area contributed by atoms with Crippen molar-refractivity contribution in [2.45, 2.75) is 32.1 Å². The van der Waals surface area contributed by atoms with E-state index in [1.807, 2.05) is 60.7 Å². The highest BCUT2D eigenvalue weighted by Gasteiger charge is 2.16. The molecule has 154 valence electrons. The summed E-state index contributed by atoms with van der Waals surface area (Å²) in [5.74, 6) is -0.999. The van der Waals surface area contributed by atoms with E-state index in [-0.39, 0.29) is 32.6 Å². The number of hydrogen-bond donors (Lipinski definition) is 3. The van der Waals surface area contributed by atoms with Crippen molar-refractivity contribution in [3.63, 3.8) is 0 Å². The molecule has 0 aliphatic heterocycles. The third-order valence-corrected chi connectivity index (χ3v) is 3.95. The van der Waals surface area contributed by atoms with Crippen LogP contribution in [0.3, 0.4) is 0 Å². The molecule has 0 radical (unpaired) electrons. The molecule has 0 aromatic heterocycles. The van der Waals surface area contributed by atoms with Crippen LogP contribution < -0.4 is 10.6 Å². The number of carbonyl (C=O) groups excluding carboxylic acids is 2. The minimum Gasteiger partial charge on any atom is -0.481 e. The molecule has 2 rings (SSSR count). The van der Waals surface area contributed by atoms with Gasteiger partial charge in [0.15, 0.2) is 0 Å². The number of hydrogen-bond acceptors (Lipinski definition) is 5. The lowest BCUT2D eigenvalue weighted by Crippen LogP contribution is -2.44. The Kier molecular flexibility index (Phi) is 9.01. The summed E-state index contributed by atoms with van der Waals surface area (Å²) in [5, 5.41) is 14.0. The third kappa shape index (κ3) is 9.28. The van der Waals surface area contributed by atoms with Crippen LogP contribution in [-0.2, 0) is 27.5 Å². The molecule has 2 amide bonds. The van der Waals surface area contributed by atoms with Crippen molar-refractivity contribution in [3.8, 4) is 0 Å². The summed E-state index contributed by atoms with van der Waals surface area (Å²) >= 11 is 0. The van der Waals surface area contributed by atoms with Gasteiger partial charge in [0.05, 0.1) is 6.04 Å². The fourth-order valence-corrected chi connectivity index (χ4v) is 2.44. The number of rotatable bonds is 10. The summed E-state index contributed by atoms with van der Waals surface area (Å²) in [7, 11) is 0.